The summed E-state index contributed by atoms with van der Waals surface area (Å²) in [4.78, 5) is 11.5. The first-order chi connectivity index (χ1) is 9.03. The standard InChI is InChI=1S/C16H18O3/c1-3-19-15(17)11-16(2,18)14-9-8-12-6-4-5-7-13(12)10-14/h4-10,18H,3,11H2,1-2H3. The quantitative estimate of drug-likeness (QED) is 0.857. The van der Waals surface area contributed by atoms with Crippen molar-refractivity contribution in [1.82, 2.24) is 0 Å². The van der Waals surface area contributed by atoms with E-state index in [1.54, 1.807) is 13.8 Å². The van der Waals surface area contributed by atoms with E-state index in [1.807, 2.05) is 42.5 Å². The van der Waals surface area contributed by atoms with Crippen molar-refractivity contribution in [2.45, 2.75) is 25.9 Å². The monoisotopic (exact) mass is 258 g/mol. The van der Waals surface area contributed by atoms with Crippen LogP contribution in [0.5, 0.6) is 0 Å². The van der Waals surface area contributed by atoms with Gasteiger partial charge in [0.05, 0.1) is 18.6 Å². The summed E-state index contributed by atoms with van der Waals surface area (Å²) >= 11 is 0. The van der Waals surface area contributed by atoms with Crippen LogP contribution >= 0.6 is 0 Å². The predicted octanol–water partition coefficient (Wildman–Crippen LogP) is 3.00. The average Bonchev–Trinajstić information content (AvgIpc) is 2.37. The molecule has 0 spiro atoms. The Bertz CT molecular complexity index is 587. The summed E-state index contributed by atoms with van der Waals surface area (Å²) in [6.07, 6.45) is -0.0425. The maximum absolute atomic E-state index is 11.5. The number of benzene rings is 2. The van der Waals surface area contributed by atoms with Crippen molar-refractivity contribution in [3.8, 4) is 0 Å². The highest BCUT2D eigenvalue weighted by atomic mass is 16.5. The van der Waals surface area contributed by atoms with Crippen molar-refractivity contribution in [1.29, 1.82) is 0 Å². The van der Waals surface area contributed by atoms with Crippen LogP contribution in [0, 0.1) is 0 Å². The Balaban J connectivity index is 2.29. The average molecular weight is 258 g/mol. The van der Waals surface area contributed by atoms with Crippen LogP contribution in [-0.4, -0.2) is 17.7 Å². The highest BCUT2D eigenvalue weighted by Crippen LogP contribution is 2.28. The molecule has 3 nitrogen and oxygen atoms in total. The molecular formula is C16H18O3. The molecule has 0 saturated carbocycles. The molecule has 0 fully saturated rings. The number of fused-ring (bicyclic) bond motifs is 1. The van der Waals surface area contributed by atoms with Crippen LogP contribution in [0.25, 0.3) is 10.8 Å². The van der Waals surface area contributed by atoms with E-state index in [4.69, 9.17) is 4.74 Å². The fraction of sp³-hybridized carbons (Fsp3) is 0.312. The minimum absolute atomic E-state index is 0.0425. The summed E-state index contributed by atoms with van der Waals surface area (Å²) in [5.41, 5.74) is -0.490. The number of aliphatic hydroxyl groups is 1. The zero-order valence-corrected chi connectivity index (χ0v) is 11.2. The van der Waals surface area contributed by atoms with E-state index in [-0.39, 0.29) is 12.4 Å². The molecule has 0 aromatic heterocycles. The van der Waals surface area contributed by atoms with E-state index in [0.717, 1.165) is 16.3 Å². The van der Waals surface area contributed by atoms with Crippen LogP contribution in [0.3, 0.4) is 0 Å². The highest BCUT2D eigenvalue weighted by molar-refractivity contribution is 5.83. The Morgan fingerprint density at radius 3 is 2.58 bits per heavy atom. The summed E-state index contributed by atoms with van der Waals surface area (Å²) in [6, 6.07) is 13.6. The van der Waals surface area contributed by atoms with E-state index in [1.165, 1.54) is 0 Å². The van der Waals surface area contributed by atoms with Gasteiger partial charge in [0.15, 0.2) is 0 Å². The van der Waals surface area contributed by atoms with Gasteiger partial charge in [-0.3, -0.25) is 4.79 Å². The maximum atomic E-state index is 11.5. The van der Waals surface area contributed by atoms with Gasteiger partial charge in [-0.05, 0) is 36.2 Å². The Morgan fingerprint density at radius 1 is 1.21 bits per heavy atom. The Hall–Kier alpha value is -1.87. The van der Waals surface area contributed by atoms with Gasteiger partial charge in [-0.15, -0.1) is 0 Å². The van der Waals surface area contributed by atoms with Crippen molar-refractivity contribution >= 4 is 16.7 Å². The molecule has 2 aromatic carbocycles. The van der Waals surface area contributed by atoms with Gasteiger partial charge in [0, 0.05) is 0 Å². The molecule has 2 rings (SSSR count). The maximum Gasteiger partial charge on any atom is 0.309 e. The Morgan fingerprint density at radius 2 is 1.89 bits per heavy atom. The molecule has 0 bridgehead atoms. The van der Waals surface area contributed by atoms with Gasteiger partial charge in [-0.2, -0.15) is 0 Å². The third-order valence-corrected chi connectivity index (χ3v) is 3.17. The Labute approximate surface area is 112 Å². The first kappa shape index (κ1) is 13.6. The largest absolute Gasteiger partial charge is 0.466 e. The van der Waals surface area contributed by atoms with E-state index < -0.39 is 5.60 Å². The van der Waals surface area contributed by atoms with Crippen LogP contribution in [-0.2, 0) is 15.1 Å². The van der Waals surface area contributed by atoms with Gasteiger partial charge in [0.1, 0.15) is 0 Å². The third kappa shape index (κ3) is 3.12. The molecule has 1 unspecified atom stereocenters. The third-order valence-electron chi connectivity index (χ3n) is 3.17. The van der Waals surface area contributed by atoms with Gasteiger partial charge >= 0.3 is 5.97 Å². The van der Waals surface area contributed by atoms with Gasteiger partial charge in [0.25, 0.3) is 0 Å². The van der Waals surface area contributed by atoms with Crippen molar-refractivity contribution in [3.63, 3.8) is 0 Å². The first-order valence-corrected chi connectivity index (χ1v) is 6.40. The number of hydrogen-bond acceptors (Lipinski definition) is 3. The van der Waals surface area contributed by atoms with Gasteiger partial charge in [-0.1, -0.05) is 36.4 Å². The number of hydrogen-bond donors (Lipinski definition) is 1. The predicted molar refractivity (Wildman–Crippen MR) is 74.8 cm³/mol. The van der Waals surface area contributed by atoms with Crippen molar-refractivity contribution in [2.75, 3.05) is 6.61 Å². The lowest BCUT2D eigenvalue weighted by Gasteiger charge is -2.23. The van der Waals surface area contributed by atoms with Crippen LogP contribution < -0.4 is 0 Å². The summed E-state index contributed by atoms with van der Waals surface area (Å²) in [5.74, 6) is -0.388. The van der Waals surface area contributed by atoms with Crippen LogP contribution in [0.2, 0.25) is 0 Å². The Kier molecular flexibility index (Phi) is 3.86. The zero-order chi connectivity index (χ0) is 13.9. The highest BCUT2D eigenvalue weighted by Gasteiger charge is 2.27. The van der Waals surface area contributed by atoms with Crippen molar-refractivity contribution in [2.24, 2.45) is 0 Å². The lowest BCUT2D eigenvalue weighted by atomic mass is 9.91. The van der Waals surface area contributed by atoms with Gasteiger partial charge in [0.2, 0.25) is 0 Å². The molecule has 0 saturated heterocycles. The molecule has 1 N–H and O–H groups in total. The van der Waals surface area contributed by atoms with Gasteiger partial charge < -0.3 is 9.84 Å². The molecule has 3 heteroatoms. The molecule has 19 heavy (non-hydrogen) atoms. The number of rotatable bonds is 4. The summed E-state index contributed by atoms with van der Waals surface area (Å²) in [5, 5.41) is 12.6. The number of esters is 1. The minimum atomic E-state index is -1.21. The van der Waals surface area contributed by atoms with Crippen LogP contribution in [0.15, 0.2) is 42.5 Å². The van der Waals surface area contributed by atoms with Crippen LogP contribution in [0.4, 0.5) is 0 Å². The zero-order valence-electron chi connectivity index (χ0n) is 11.2. The second-order valence-electron chi connectivity index (χ2n) is 4.82. The molecule has 2 aromatic rings. The number of carbonyl (C=O) groups is 1. The molecule has 1 atom stereocenters. The molecule has 0 aliphatic heterocycles. The smallest absolute Gasteiger partial charge is 0.309 e. The molecule has 0 aliphatic rings. The van der Waals surface area contributed by atoms with E-state index in [9.17, 15) is 9.90 Å². The number of ether oxygens (including phenoxy) is 1. The lowest BCUT2D eigenvalue weighted by molar-refractivity contribution is -0.148. The summed E-state index contributed by atoms with van der Waals surface area (Å²) in [7, 11) is 0. The van der Waals surface area contributed by atoms with E-state index in [2.05, 4.69) is 0 Å². The lowest BCUT2D eigenvalue weighted by Crippen LogP contribution is -2.26. The molecule has 0 amide bonds. The topological polar surface area (TPSA) is 46.5 Å². The normalized spacial score (nSPS) is 14.1. The summed E-state index contributed by atoms with van der Waals surface area (Å²) < 4.78 is 4.89. The number of carbonyl (C=O) groups excluding carboxylic acids is 1. The second kappa shape index (κ2) is 5.41. The fourth-order valence-electron chi connectivity index (χ4n) is 2.12. The minimum Gasteiger partial charge on any atom is -0.466 e. The second-order valence-corrected chi connectivity index (χ2v) is 4.82. The van der Waals surface area contributed by atoms with Crippen LogP contribution in [0.1, 0.15) is 25.8 Å². The van der Waals surface area contributed by atoms with Crippen molar-refractivity contribution < 1.29 is 14.6 Å². The van der Waals surface area contributed by atoms with Gasteiger partial charge in [-0.25, -0.2) is 0 Å². The molecule has 0 heterocycles. The van der Waals surface area contributed by atoms with E-state index in [0.29, 0.717) is 6.61 Å². The molecular weight excluding hydrogens is 240 g/mol. The molecule has 0 aliphatic carbocycles. The molecule has 100 valence electrons. The first-order valence-electron chi connectivity index (χ1n) is 6.40. The molecule has 0 radical (unpaired) electrons. The fourth-order valence-corrected chi connectivity index (χ4v) is 2.12. The summed E-state index contributed by atoms with van der Waals surface area (Å²) in [6.45, 7) is 3.71. The van der Waals surface area contributed by atoms with E-state index >= 15 is 0 Å². The SMILES string of the molecule is CCOC(=O)CC(C)(O)c1ccc2ccccc2c1. The van der Waals surface area contributed by atoms with Crippen molar-refractivity contribution in [3.05, 3.63) is 48.0 Å².